The topological polar surface area (TPSA) is 445 Å². The smallest absolute Gasteiger partial charge is 0.328 e. The van der Waals surface area contributed by atoms with Crippen LogP contribution in [0, 0.1) is 17.8 Å². The lowest BCUT2D eigenvalue weighted by molar-refractivity contribution is -0.143. The van der Waals surface area contributed by atoms with Crippen LogP contribution in [0.2, 0.25) is 0 Å². The zero-order valence-corrected chi connectivity index (χ0v) is 43.5. The maximum absolute atomic E-state index is 14.2. The van der Waals surface area contributed by atoms with Crippen molar-refractivity contribution in [2.24, 2.45) is 34.2 Å². The minimum atomic E-state index is -1.87. The minimum Gasteiger partial charge on any atom is -0.508 e. The fourth-order valence-corrected chi connectivity index (χ4v) is 7.79. The van der Waals surface area contributed by atoms with Crippen LogP contribution >= 0.6 is 0 Å². The number of hydrogen-bond donors (Lipinski definition) is 16. The second kappa shape index (κ2) is 31.6. The number of hydrogen-bond acceptors (Lipinski definition) is 15. The van der Waals surface area contributed by atoms with Gasteiger partial charge in [-0.2, -0.15) is 0 Å². The van der Waals surface area contributed by atoms with E-state index in [1.807, 2.05) is 0 Å². The monoisotopic (exact) mass is 1060 g/mol. The highest BCUT2D eigenvalue weighted by atomic mass is 16.4. The highest BCUT2D eigenvalue weighted by Gasteiger charge is 2.38. The number of phenols is 1. The van der Waals surface area contributed by atoms with Crippen molar-refractivity contribution in [3.8, 4) is 5.75 Å². The van der Waals surface area contributed by atoms with Gasteiger partial charge in [-0.1, -0.05) is 53.7 Å². The van der Waals surface area contributed by atoms with Gasteiger partial charge in [0, 0.05) is 13.0 Å². The summed E-state index contributed by atoms with van der Waals surface area (Å²) in [4.78, 5) is 138. The van der Waals surface area contributed by atoms with Crippen LogP contribution in [0.3, 0.4) is 0 Å². The standard InChI is InChI=1S/C48H78N12O15/c1-23(2)18-31(41(68)53-30(11-9-17-52-48(49)50)40(67)55-33(20-27-12-14-28(63)15-13-27)43(70)58-35(22-61)47(74)75)54-44(71)34(21-36(64)65)56-42(69)32(19-24(3)4)57-46(73)38(26(7)62)60-45(72)37(25(5)6)59-39(66)29-10-8-16-51-29/h12-15,23-26,29-35,37-38,51,61-63H,8-11,16-22H2,1-7H3,(H,53,68)(H,54,71)(H,55,67)(H,56,69)(H,57,73)(H,58,70)(H,59,66)(H,60,72)(H,64,65)(H,74,75)(H4,49,50,52)/t26-,29+,30+,31+,32+,33+,34+,35+,37+,38+/m1/s1. The largest absolute Gasteiger partial charge is 0.508 e. The molecule has 0 saturated carbocycles. The van der Waals surface area contributed by atoms with Crippen molar-refractivity contribution in [2.75, 3.05) is 19.7 Å². The summed E-state index contributed by atoms with van der Waals surface area (Å²) in [7, 11) is 0. The number of guanidine groups is 1. The Morgan fingerprint density at radius 3 is 1.60 bits per heavy atom. The summed E-state index contributed by atoms with van der Waals surface area (Å²) in [5, 5.41) is 72.1. The van der Waals surface area contributed by atoms with Crippen molar-refractivity contribution in [1.29, 1.82) is 0 Å². The molecule has 1 aliphatic rings. The van der Waals surface area contributed by atoms with E-state index in [0.29, 0.717) is 18.5 Å². The molecule has 420 valence electrons. The van der Waals surface area contributed by atoms with Crippen molar-refractivity contribution >= 4 is 65.2 Å². The molecular formula is C48H78N12O15. The third-order valence-electron chi connectivity index (χ3n) is 11.8. The number of rotatable bonds is 32. The van der Waals surface area contributed by atoms with E-state index >= 15 is 0 Å². The van der Waals surface area contributed by atoms with E-state index in [1.54, 1.807) is 41.5 Å². The summed E-state index contributed by atoms with van der Waals surface area (Å²) in [5.41, 5.74) is 11.3. The number of amides is 8. The number of aromatic hydroxyl groups is 1. The first-order valence-corrected chi connectivity index (χ1v) is 24.9. The Balaban J connectivity index is 2.42. The number of nitrogens with two attached hydrogens (primary N) is 2. The van der Waals surface area contributed by atoms with Gasteiger partial charge in [-0.15, -0.1) is 0 Å². The number of nitrogens with zero attached hydrogens (tertiary/aromatic N) is 1. The summed E-state index contributed by atoms with van der Waals surface area (Å²) in [6.07, 6.45) is -1.76. The fraction of sp³-hybridized carbons (Fsp3) is 0.646. The van der Waals surface area contributed by atoms with Crippen LogP contribution in [-0.2, 0) is 54.4 Å². The lowest BCUT2D eigenvalue weighted by Crippen LogP contribution is -2.62. The average Bonchev–Trinajstić information content (AvgIpc) is 3.87. The van der Waals surface area contributed by atoms with Crippen LogP contribution < -0.4 is 59.3 Å². The van der Waals surface area contributed by atoms with Crippen LogP contribution in [0.1, 0.15) is 99.0 Å². The molecule has 27 heteroatoms. The normalized spacial score (nSPS) is 16.8. The number of nitrogens with one attached hydrogen (secondary N) is 9. The molecule has 1 aromatic carbocycles. The summed E-state index contributed by atoms with van der Waals surface area (Å²) >= 11 is 0. The molecule has 0 spiro atoms. The van der Waals surface area contributed by atoms with Gasteiger partial charge in [-0.3, -0.25) is 48.1 Å². The molecule has 8 amide bonds. The van der Waals surface area contributed by atoms with Gasteiger partial charge in [-0.25, -0.2) is 4.79 Å². The highest BCUT2D eigenvalue weighted by molar-refractivity contribution is 5.99. The van der Waals surface area contributed by atoms with Crippen molar-refractivity contribution in [3.63, 3.8) is 0 Å². The first kappa shape index (κ1) is 64.0. The third-order valence-corrected chi connectivity index (χ3v) is 11.8. The van der Waals surface area contributed by atoms with Crippen LogP contribution in [0.25, 0.3) is 0 Å². The van der Waals surface area contributed by atoms with Crippen LogP contribution in [0.15, 0.2) is 29.3 Å². The number of phenolic OH excluding ortho intramolecular Hbond substituents is 1. The van der Waals surface area contributed by atoms with E-state index in [-0.39, 0.29) is 62.2 Å². The highest BCUT2D eigenvalue weighted by Crippen LogP contribution is 2.15. The maximum atomic E-state index is 14.2. The molecule has 0 bridgehead atoms. The first-order chi connectivity index (χ1) is 35.1. The number of carboxylic acids is 2. The van der Waals surface area contributed by atoms with Crippen LogP contribution in [-0.4, -0.2) is 171 Å². The molecule has 1 fully saturated rings. The first-order valence-electron chi connectivity index (χ1n) is 24.9. The predicted molar refractivity (Wildman–Crippen MR) is 271 cm³/mol. The van der Waals surface area contributed by atoms with Gasteiger partial charge in [-0.05, 0) is 87.4 Å². The number of carboxylic acid groups (broad SMARTS) is 2. The number of aliphatic hydroxyl groups is 2. The zero-order valence-electron chi connectivity index (χ0n) is 43.5. The second-order valence-electron chi connectivity index (χ2n) is 19.7. The molecule has 27 nitrogen and oxygen atoms in total. The average molecular weight is 1060 g/mol. The van der Waals surface area contributed by atoms with Gasteiger partial charge < -0.3 is 84.9 Å². The lowest BCUT2D eigenvalue weighted by Gasteiger charge is -2.29. The van der Waals surface area contributed by atoms with Gasteiger partial charge in [0.2, 0.25) is 47.3 Å². The molecule has 1 saturated heterocycles. The molecule has 10 atom stereocenters. The van der Waals surface area contributed by atoms with Crippen molar-refractivity contribution < 1.29 is 73.5 Å². The molecule has 0 aromatic heterocycles. The molecular weight excluding hydrogens is 985 g/mol. The third kappa shape index (κ3) is 22.9. The van der Waals surface area contributed by atoms with Gasteiger partial charge in [0.1, 0.15) is 54.1 Å². The maximum Gasteiger partial charge on any atom is 0.328 e. The van der Waals surface area contributed by atoms with Crippen LogP contribution in [0.5, 0.6) is 5.75 Å². The van der Waals surface area contributed by atoms with E-state index in [4.69, 9.17) is 11.5 Å². The van der Waals surface area contributed by atoms with E-state index in [2.05, 4.69) is 52.8 Å². The van der Waals surface area contributed by atoms with E-state index < -0.39 is 139 Å². The van der Waals surface area contributed by atoms with E-state index in [0.717, 1.165) is 6.42 Å². The SMILES string of the molecule is CC(C)C[C@H](NC(=O)[C@H](CC(=O)O)NC(=O)[C@H](CC(C)C)NC(=O)[C@@H](NC(=O)[C@@H](NC(=O)[C@@H]1CCCN1)C(C)C)[C@@H](C)O)C(=O)N[C@@H](CCCN=C(N)N)C(=O)N[C@@H](Cc1ccc(O)cc1)C(=O)N[C@@H](CO)C(=O)O. The Bertz CT molecular complexity index is 2150. The minimum absolute atomic E-state index is 0.0256. The van der Waals surface area contributed by atoms with Crippen molar-refractivity contribution in [1.82, 2.24) is 47.9 Å². The lowest BCUT2D eigenvalue weighted by atomic mass is 9.99. The summed E-state index contributed by atoms with van der Waals surface area (Å²) in [5.74, 6) is -12.0. The zero-order chi connectivity index (χ0) is 56.7. The Kier molecular flexibility index (Phi) is 26.9. The number of benzene rings is 1. The second-order valence-corrected chi connectivity index (χ2v) is 19.7. The number of carbonyl (C=O) groups excluding carboxylic acids is 8. The fourth-order valence-electron chi connectivity index (χ4n) is 7.79. The molecule has 75 heavy (non-hydrogen) atoms. The summed E-state index contributed by atoms with van der Waals surface area (Å²) in [6.45, 7) is 11.0. The van der Waals surface area contributed by atoms with Gasteiger partial charge >= 0.3 is 11.9 Å². The number of aliphatic carboxylic acids is 2. The quantitative estimate of drug-likeness (QED) is 0.0188. The van der Waals surface area contributed by atoms with Crippen LogP contribution in [0.4, 0.5) is 0 Å². The Morgan fingerprint density at radius 1 is 0.640 bits per heavy atom. The van der Waals surface area contributed by atoms with Gasteiger partial charge in [0.05, 0.1) is 25.2 Å². The molecule has 0 aliphatic carbocycles. The molecule has 2 rings (SSSR count). The molecule has 1 aliphatic heterocycles. The molecule has 18 N–H and O–H groups in total. The van der Waals surface area contributed by atoms with Gasteiger partial charge in [0.25, 0.3) is 0 Å². The summed E-state index contributed by atoms with van der Waals surface area (Å²) in [6, 6.07) is -7.37. The van der Waals surface area contributed by atoms with E-state index in [1.165, 1.54) is 31.2 Å². The molecule has 0 radical (unpaired) electrons. The number of carbonyl (C=O) groups is 10. The molecule has 0 unspecified atom stereocenters. The Hall–Kier alpha value is -7.13. The van der Waals surface area contributed by atoms with Crippen molar-refractivity contribution in [3.05, 3.63) is 29.8 Å². The number of aliphatic imine (C=N–C) groups is 1. The van der Waals surface area contributed by atoms with Gasteiger partial charge in [0.15, 0.2) is 5.96 Å². The predicted octanol–water partition coefficient (Wildman–Crippen LogP) is -3.70. The molecule has 1 heterocycles. The molecule has 1 aromatic rings. The Labute approximate surface area is 435 Å². The number of aliphatic hydroxyl groups excluding tert-OH is 2. The van der Waals surface area contributed by atoms with E-state index in [9.17, 15) is 73.5 Å². The Morgan fingerprint density at radius 2 is 1.12 bits per heavy atom. The summed E-state index contributed by atoms with van der Waals surface area (Å²) < 4.78 is 0. The van der Waals surface area contributed by atoms with Crippen molar-refractivity contribution in [2.45, 2.75) is 160 Å².